The molecule has 3 fully saturated rings. The van der Waals surface area contributed by atoms with Gasteiger partial charge in [-0.3, -0.25) is 86.9 Å². The van der Waals surface area contributed by atoms with Crippen molar-refractivity contribution in [3.63, 3.8) is 0 Å². The van der Waals surface area contributed by atoms with Gasteiger partial charge in [0.2, 0.25) is 88.6 Å². The summed E-state index contributed by atoms with van der Waals surface area (Å²) in [5.41, 5.74) is 48.2. The third-order valence-corrected chi connectivity index (χ3v) is 20.9. The van der Waals surface area contributed by atoms with Crippen molar-refractivity contribution in [1.29, 1.82) is 0 Å². The summed E-state index contributed by atoms with van der Waals surface area (Å²) in [6, 6.07) is -15.8. The van der Waals surface area contributed by atoms with Crippen molar-refractivity contribution in [2.75, 3.05) is 19.6 Å². The normalized spacial score (nSPS) is 17.2. The van der Waals surface area contributed by atoms with Crippen LogP contribution in [0, 0.1) is 29.6 Å². The van der Waals surface area contributed by atoms with Crippen molar-refractivity contribution in [3.8, 4) is 0 Å². The fourth-order valence-electron chi connectivity index (χ4n) is 14.3. The molecule has 0 radical (unpaired) electrons. The molecule has 0 bridgehead atoms. The van der Waals surface area contributed by atoms with Crippen LogP contribution in [0.5, 0.6) is 0 Å². The molecule has 116 heavy (non-hydrogen) atoms. The van der Waals surface area contributed by atoms with E-state index in [0.717, 1.165) is 90.4 Å². The van der Waals surface area contributed by atoms with Crippen LogP contribution in [0.15, 0.2) is 15.0 Å². The molecular weight excluding hydrogens is 1500 g/mol. The van der Waals surface area contributed by atoms with Crippen LogP contribution >= 0.6 is 0 Å². The molecule has 31 N–H and O–H groups in total. The van der Waals surface area contributed by atoms with Crippen molar-refractivity contribution in [1.82, 2.24) is 63.8 Å². The number of hydrogen-bond donors (Lipinski definition) is 22. The van der Waals surface area contributed by atoms with Gasteiger partial charge in [-0.25, -0.2) is 0 Å². The highest BCUT2D eigenvalue weighted by molar-refractivity contribution is 6.01. The largest absolute Gasteiger partial charge is 0.391 e. The number of amides is 15. The first kappa shape index (κ1) is 100. The third kappa shape index (κ3) is 38.5. The lowest BCUT2D eigenvalue weighted by Crippen LogP contribution is -2.65. The molecule has 0 aliphatic heterocycles. The molecule has 4 unspecified atom stereocenters. The summed E-state index contributed by atoms with van der Waals surface area (Å²) in [6.07, 6.45) is 9.96. The molecule has 0 aromatic heterocycles. The fraction of sp³-hybridized carbons (Fsp3) is 0.763. The van der Waals surface area contributed by atoms with Crippen LogP contribution in [0.2, 0.25) is 0 Å². The monoisotopic (exact) mass is 1640 g/mol. The number of aliphatic hydroxyl groups is 1. The molecule has 3 saturated carbocycles. The van der Waals surface area contributed by atoms with Crippen LogP contribution < -0.4 is 115 Å². The first-order valence-corrected chi connectivity index (χ1v) is 41.0. The Morgan fingerprint density at radius 3 is 1.04 bits per heavy atom. The minimum atomic E-state index is -2.00. The molecule has 15 amide bonds. The number of aliphatic hydroxyl groups excluding tert-OH is 1. The van der Waals surface area contributed by atoms with Crippen LogP contribution in [-0.2, 0) is 71.9 Å². The Hall–Kier alpha value is -10.2. The van der Waals surface area contributed by atoms with Crippen LogP contribution in [0.3, 0.4) is 0 Å². The predicted molar refractivity (Wildman–Crippen MR) is 434 cm³/mol. The predicted octanol–water partition coefficient (Wildman–Crippen LogP) is -3.59. The van der Waals surface area contributed by atoms with Crippen LogP contribution in [0.25, 0.3) is 0 Å². The second kappa shape index (κ2) is 51.7. The molecule has 0 saturated heterocycles. The molecule has 0 spiro atoms. The maximum atomic E-state index is 14.9. The summed E-state index contributed by atoms with van der Waals surface area (Å²) in [5, 5.41) is 42.8. The summed E-state index contributed by atoms with van der Waals surface area (Å²) >= 11 is 0. The smallest absolute Gasteiger partial charge is 0.245 e. The Morgan fingerprint density at radius 2 is 0.690 bits per heavy atom. The quantitative estimate of drug-likeness (QED) is 0.0159. The van der Waals surface area contributed by atoms with Gasteiger partial charge < -0.3 is 121 Å². The third-order valence-electron chi connectivity index (χ3n) is 20.9. The highest BCUT2D eigenvalue weighted by atomic mass is 16.3. The number of aliphatic imine (C=N–C) groups is 3. The molecule has 3 aliphatic carbocycles. The van der Waals surface area contributed by atoms with Gasteiger partial charge in [-0.05, 0) is 121 Å². The zero-order valence-corrected chi connectivity index (χ0v) is 69.1. The first-order chi connectivity index (χ1) is 54.6. The van der Waals surface area contributed by atoms with E-state index >= 15 is 0 Å². The summed E-state index contributed by atoms with van der Waals surface area (Å²) in [4.78, 5) is 222. The standard InChI is InChI=1S/C76H136N24O16/c1-9-47(89-63(107)48(90-61(105)42(4)5)28-19-33-86-73(80)81)62(106)96-54(38-45-24-15-11-16-25-45)67(111)97-55(39-46-26-17-12-18-27-46)68(112)98-56(40-58(78)103)69(113)95-53(36-41(2)3)70(114)100-76(7,8)72(116)99-59(43(6)101)71(115)93-50(30-21-35-88-75(84)85)64(108)92-51(31-32-57(77)102)66(110)91-49(29-20-34-87-74(82)83)65(109)94-52(60(79)104)37-44-22-13-10-14-23-44/h41-56,59,101H,9-40H2,1-8H3,(H2,77,102)(H2,78,103)(H2,79,104)(H,89,107)(H,90,105)(H,91,110)(H,92,108)(H,93,115)(H,94,109)(H,95,113)(H,96,106)(H,97,111)(H,98,112)(H,99,116)(H,100,114)(H4,80,81,86)(H4,82,83,87)(H4,84,85,88)/t43-,47?,48+,49+,50+,51+,52?,53+,54?,55?,56+,59+/m1/s1. The summed E-state index contributed by atoms with van der Waals surface area (Å²) in [5.74, 6) is -14.8. The van der Waals surface area contributed by atoms with E-state index in [4.69, 9.17) is 51.6 Å². The molecule has 0 heterocycles. The Morgan fingerprint density at radius 1 is 0.371 bits per heavy atom. The van der Waals surface area contributed by atoms with E-state index in [-0.39, 0.29) is 125 Å². The number of nitrogens with one attached hydrogen (secondary N) is 12. The SMILES string of the molecule is CCC(NC(=O)[C@H](CCCN=C(N)N)NC(=O)C(C)C)C(=O)NC(CC1CCCCC1)C(=O)NC(CC1CCCCC1)C(=O)N[C@@H](CC(N)=O)C(=O)N[C@@H](CC(C)C)C(=O)NC(C)(C)C(=O)N[C@H](C(=O)N[C@@H](CCCN=C(N)N)C(=O)N[C@@H](CCC(N)=O)C(=O)N[C@@H](CCCN=C(N)N)C(=O)NC(CC1CCCCC1)C(N)=O)[C@@H](C)O. The van der Waals surface area contributed by atoms with E-state index in [1.54, 1.807) is 34.6 Å². The van der Waals surface area contributed by atoms with Gasteiger partial charge in [0, 0.05) is 32.0 Å². The summed E-state index contributed by atoms with van der Waals surface area (Å²) in [7, 11) is 0. The number of hydrogen-bond acceptors (Lipinski definition) is 19. The van der Waals surface area contributed by atoms with E-state index in [1.807, 2.05) is 0 Å². The van der Waals surface area contributed by atoms with Crippen molar-refractivity contribution < 1.29 is 77.0 Å². The molecular formula is C76H136N24O16. The number of guanidine groups is 3. The first-order valence-electron chi connectivity index (χ1n) is 41.0. The maximum Gasteiger partial charge on any atom is 0.245 e. The zero-order chi connectivity index (χ0) is 86.9. The number of primary amides is 3. The molecule has 0 aromatic rings. The number of nitrogens with zero attached hydrogens (tertiary/aromatic N) is 3. The van der Waals surface area contributed by atoms with Crippen molar-refractivity contribution in [3.05, 3.63) is 0 Å². The van der Waals surface area contributed by atoms with Crippen molar-refractivity contribution in [2.24, 2.45) is 96.2 Å². The van der Waals surface area contributed by atoms with Gasteiger partial charge in [0.05, 0.1) is 12.5 Å². The lowest BCUT2D eigenvalue weighted by Gasteiger charge is -2.32. The van der Waals surface area contributed by atoms with Gasteiger partial charge in [-0.2, -0.15) is 0 Å². The Kier molecular flexibility index (Phi) is 44.6. The number of rotatable bonds is 52. The molecule has 12 atom stereocenters. The zero-order valence-electron chi connectivity index (χ0n) is 69.1. The van der Waals surface area contributed by atoms with E-state index in [2.05, 4.69) is 78.8 Å². The van der Waals surface area contributed by atoms with E-state index < -0.39 is 192 Å². The molecule has 40 heteroatoms. The van der Waals surface area contributed by atoms with E-state index in [1.165, 1.54) is 13.8 Å². The molecule has 3 rings (SSSR count). The summed E-state index contributed by atoms with van der Waals surface area (Å²) in [6.45, 7) is 12.1. The lowest BCUT2D eigenvalue weighted by molar-refractivity contribution is -0.139. The topological polar surface area (TPSA) is 692 Å². The maximum absolute atomic E-state index is 14.9. The van der Waals surface area contributed by atoms with E-state index in [0.29, 0.717) is 19.3 Å². The lowest BCUT2D eigenvalue weighted by atomic mass is 9.83. The van der Waals surface area contributed by atoms with E-state index in [9.17, 15) is 77.0 Å². The Labute approximate surface area is 680 Å². The molecule has 3 aliphatic rings. The molecule has 656 valence electrons. The van der Waals surface area contributed by atoms with Crippen LogP contribution in [0.4, 0.5) is 0 Å². The average Bonchev–Trinajstić information content (AvgIpc) is 0.819. The van der Waals surface area contributed by atoms with Gasteiger partial charge in [0.1, 0.15) is 72.0 Å². The van der Waals surface area contributed by atoms with Crippen LogP contribution in [0.1, 0.15) is 242 Å². The highest BCUT2D eigenvalue weighted by Gasteiger charge is 2.41. The average molecular weight is 1640 g/mol. The van der Waals surface area contributed by atoms with Gasteiger partial charge in [0.25, 0.3) is 0 Å². The van der Waals surface area contributed by atoms with Gasteiger partial charge in [-0.15, -0.1) is 0 Å². The summed E-state index contributed by atoms with van der Waals surface area (Å²) < 4.78 is 0. The fourth-order valence-corrected chi connectivity index (χ4v) is 14.3. The number of carbonyl (C=O) groups is 15. The van der Waals surface area contributed by atoms with Crippen molar-refractivity contribution >= 4 is 106 Å². The van der Waals surface area contributed by atoms with Crippen LogP contribution in [-0.4, -0.2) is 209 Å². The molecule has 0 aromatic carbocycles. The van der Waals surface area contributed by atoms with Crippen molar-refractivity contribution in [2.45, 2.75) is 320 Å². The van der Waals surface area contributed by atoms with Gasteiger partial charge in [0.15, 0.2) is 17.9 Å². The minimum absolute atomic E-state index is 0.00585. The Balaban J connectivity index is 1.94. The number of carbonyl (C=O) groups excluding carboxylic acids is 15. The minimum Gasteiger partial charge on any atom is -0.391 e. The number of nitrogens with two attached hydrogens (primary N) is 9. The van der Waals surface area contributed by atoms with Gasteiger partial charge >= 0.3 is 0 Å². The second-order valence-corrected chi connectivity index (χ2v) is 32.3. The second-order valence-electron chi connectivity index (χ2n) is 32.3. The highest BCUT2D eigenvalue weighted by Crippen LogP contribution is 2.31. The molecule has 40 nitrogen and oxygen atoms in total. The van der Waals surface area contributed by atoms with Gasteiger partial charge in [-0.1, -0.05) is 131 Å². The Bertz CT molecular complexity index is 3360.